The van der Waals surface area contributed by atoms with E-state index in [0.717, 1.165) is 0 Å². The molecule has 0 aromatic heterocycles. The zero-order chi connectivity index (χ0) is 33.8. The minimum absolute atomic E-state index is 1.63. The highest BCUT2D eigenvalue weighted by Crippen LogP contribution is 1.62. The quantitative estimate of drug-likeness (QED) is 0.393. The fourth-order valence-corrected chi connectivity index (χ4v) is 1.37. The number of hydrogen-bond acceptors (Lipinski definition) is 1. The van der Waals surface area contributed by atoms with Crippen LogP contribution in [0.2, 0.25) is 0 Å². The molecule has 0 amide bonds. The van der Waals surface area contributed by atoms with Crippen LogP contribution in [0.3, 0.4) is 0 Å². The van der Waals surface area contributed by atoms with Crippen molar-refractivity contribution in [2.45, 2.75) is 6.92 Å². The molecule has 0 rings (SSSR count). The molecule has 192 valence electrons. The second-order valence-corrected chi connectivity index (χ2v) is 5.74. The maximum atomic E-state index is 8.18. The lowest BCUT2D eigenvalue weighted by Crippen LogP contribution is -1.57. The maximum Gasteiger partial charge on any atom is 0.153 e. The van der Waals surface area contributed by atoms with Crippen molar-refractivity contribution in [1.29, 1.82) is 5.26 Å². The Labute approximate surface area is 278 Å². The van der Waals surface area contributed by atoms with E-state index in [4.69, 9.17) is 5.26 Å². The fourth-order valence-electron chi connectivity index (χ4n) is 1.37. The van der Waals surface area contributed by atoms with Gasteiger partial charge < -0.3 is 0 Å². The number of nitrogens with zero attached hydrogens (tertiary/aromatic N) is 1. The summed E-state index contributed by atoms with van der Waals surface area (Å²) in [6.45, 7) is 1.69. The molecule has 1 nitrogen and oxygen atoms in total. The van der Waals surface area contributed by atoms with E-state index in [-0.39, 0.29) is 0 Å². The third kappa shape index (κ3) is 35.8. The van der Waals surface area contributed by atoms with E-state index in [1.807, 2.05) is 0 Å². The van der Waals surface area contributed by atoms with Crippen molar-refractivity contribution >= 4 is 0 Å². The Morgan fingerprint density at radius 3 is 0.383 bits per heavy atom. The van der Waals surface area contributed by atoms with Crippen LogP contribution in [0, 0.1) is 272 Å². The molecule has 0 radical (unpaired) electrons. The van der Waals surface area contributed by atoms with Gasteiger partial charge in [0, 0.05) is 207 Å². The molecule has 0 aliphatic carbocycles. The Bertz CT molecular complexity index is 2810. The van der Waals surface area contributed by atoms with Gasteiger partial charge in [0.05, 0.1) is 0 Å². The van der Waals surface area contributed by atoms with Crippen molar-refractivity contribution in [2.24, 2.45) is 0 Å². The number of rotatable bonds is 0. The molecule has 0 saturated heterocycles. The van der Waals surface area contributed by atoms with Crippen LogP contribution in [-0.2, 0) is 0 Å². The first-order valence-electron chi connectivity index (χ1n) is 11.7. The second kappa shape index (κ2) is 35.8. The van der Waals surface area contributed by atoms with Crippen molar-refractivity contribution in [3.8, 4) is 267 Å². The van der Waals surface area contributed by atoms with Crippen LogP contribution < -0.4 is 0 Å². The van der Waals surface area contributed by atoms with Gasteiger partial charge in [0.15, 0.2) is 6.07 Å². The van der Waals surface area contributed by atoms with Gasteiger partial charge in [-0.25, -0.2) is 0 Å². The van der Waals surface area contributed by atoms with Crippen LogP contribution in [-0.4, -0.2) is 0 Å². The van der Waals surface area contributed by atoms with Gasteiger partial charge in [-0.15, -0.1) is 0 Å². The molecule has 0 fully saturated rings. The van der Waals surface area contributed by atoms with E-state index < -0.39 is 0 Å². The summed E-state index contributed by atoms with van der Waals surface area (Å²) in [4.78, 5) is 0. The van der Waals surface area contributed by atoms with Gasteiger partial charge in [0.2, 0.25) is 0 Å². The summed E-state index contributed by atoms with van der Waals surface area (Å²) in [5.41, 5.74) is 0. The number of nitriles is 1. The molecule has 0 unspecified atom stereocenters. The largest absolute Gasteiger partial charge is 0.183 e. The molecule has 1 heteroatoms. The summed E-state index contributed by atoms with van der Waals surface area (Å²) >= 11 is 0. The van der Waals surface area contributed by atoms with Crippen LogP contribution in [0.15, 0.2) is 0 Å². The SMILES string of the molecule is CC#CC#CC#CC#CC#CC#CC#CC#CC#CC#CC#CC#CC#CC#CC#CC#CC#CC#CC#CC#CC#CC#CC#N. The van der Waals surface area contributed by atoms with E-state index in [9.17, 15) is 0 Å². The molecule has 0 bridgehead atoms. The standard InChI is InChI=1S/C46H3N/c1-2-3-4-5-6-7-8-9-10-11-12-13-14-15-16-17-18-19-20-21-22-23-24-25-26-27-28-29-30-31-32-33-34-35-36-37-38-39-40-41-42-43-44-45-46-47/h1H3. The lowest BCUT2D eigenvalue weighted by atomic mass is 10.4. The summed E-state index contributed by atoms with van der Waals surface area (Å²) in [5, 5.41) is 8.18. The van der Waals surface area contributed by atoms with Crippen molar-refractivity contribution in [3.05, 3.63) is 0 Å². The van der Waals surface area contributed by atoms with Crippen LogP contribution in [0.4, 0.5) is 0 Å². The normalized spacial score (nSPS) is 3.91. The molecule has 0 atom stereocenters. The molecule has 0 saturated carbocycles. The van der Waals surface area contributed by atoms with Crippen molar-refractivity contribution in [2.75, 3.05) is 0 Å². The highest BCUT2D eigenvalue weighted by molar-refractivity contribution is 5.50. The van der Waals surface area contributed by atoms with Crippen molar-refractivity contribution in [1.82, 2.24) is 0 Å². The highest BCUT2D eigenvalue weighted by Gasteiger charge is 1.61. The predicted molar refractivity (Wildman–Crippen MR) is 182 cm³/mol. The van der Waals surface area contributed by atoms with Gasteiger partial charge in [-0.3, -0.25) is 0 Å². The van der Waals surface area contributed by atoms with E-state index in [1.54, 1.807) is 13.0 Å². The first-order valence-corrected chi connectivity index (χ1v) is 11.7. The monoisotopic (exact) mass is 569 g/mol. The van der Waals surface area contributed by atoms with Crippen molar-refractivity contribution < 1.29 is 0 Å². The van der Waals surface area contributed by atoms with E-state index in [0.29, 0.717) is 0 Å². The minimum Gasteiger partial charge on any atom is -0.183 e. The van der Waals surface area contributed by atoms with E-state index >= 15 is 0 Å². The van der Waals surface area contributed by atoms with Gasteiger partial charge in [0.25, 0.3) is 0 Å². The molecule has 0 N–H and O–H groups in total. The maximum absolute atomic E-state index is 8.18. The third-order valence-electron chi connectivity index (χ3n) is 2.81. The fraction of sp³-hybridized carbons (Fsp3) is 0.0217. The Kier molecular flexibility index (Phi) is 28.0. The minimum atomic E-state index is 1.63. The summed E-state index contributed by atoms with van der Waals surface area (Å²) in [7, 11) is 0. The Hall–Kier alpha value is -10.2. The molecular weight excluding hydrogens is 567 g/mol. The molecule has 0 aromatic carbocycles. The molecule has 0 aromatic rings. The summed E-state index contributed by atoms with van der Waals surface area (Å²) in [6.07, 6.45) is 0. The Morgan fingerprint density at radius 1 is 0.170 bits per heavy atom. The van der Waals surface area contributed by atoms with Gasteiger partial charge in [-0.2, -0.15) is 5.26 Å². The Morgan fingerprint density at radius 2 is 0.277 bits per heavy atom. The van der Waals surface area contributed by atoms with Crippen LogP contribution >= 0.6 is 0 Å². The van der Waals surface area contributed by atoms with Crippen LogP contribution in [0.1, 0.15) is 6.92 Å². The topological polar surface area (TPSA) is 23.8 Å². The molecular formula is C46H3N. The van der Waals surface area contributed by atoms with Gasteiger partial charge in [-0.1, -0.05) is 5.92 Å². The smallest absolute Gasteiger partial charge is 0.153 e. The molecule has 47 heavy (non-hydrogen) atoms. The molecule has 0 spiro atoms. The van der Waals surface area contributed by atoms with Crippen LogP contribution in [0.25, 0.3) is 0 Å². The van der Waals surface area contributed by atoms with E-state index in [2.05, 4.69) is 260 Å². The molecule has 0 aliphatic rings. The molecule has 0 aliphatic heterocycles. The number of hydrogen-bond donors (Lipinski definition) is 0. The summed E-state index contributed by atoms with van der Waals surface area (Å²) < 4.78 is 0. The zero-order valence-electron chi connectivity index (χ0n) is 23.9. The zero-order valence-corrected chi connectivity index (χ0v) is 23.9. The van der Waals surface area contributed by atoms with E-state index in [1.165, 1.54) is 0 Å². The average molecular weight is 570 g/mol. The second-order valence-electron chi connectivity index (χ2n) is 5.74. The highest BCUT2D eigenvalue weighted by atomic mass is 14.2. The van der Waals surface area contributed by atoms with Crippen molar-refractivity contribution in [3.63, 3.8) is 0 Å². The lowest BCUT2D eigenvalue weighted by Gasteiger charge is -1.57. The predicted octanol–water partition coefficient (Wildman–Crippen LogP) is 0.605. The molecule has 0 heterocycles. The first kappa shape index (κ1) is 36.8. The van der Waals surface area contributed by atoms with Crippen LogP contribution in [0.5, 0.6) is 0 Å². The first-order chi connectivity index (χ1) is 23.4. The third-order valence-corrected chi connectivity index (χ3v) is 2.81. The summed E-state index contributed by atoms with van der Waals surface area (Å²) in [6, 6.07) is 1.63. The van der Waals surface area contributed by atoms with Gasteiger partial charge in [0.1, 0.15) is 0 Å². The lowest BCUT2D eigenvalue weighted by molar-refractivity contribution is 1.55. The van der Waals surface area contributed by atoms with Gasteiger partial charge >= 0.3 is 0 Å². The summed E-state index contributed by atoms with van der Waals surface area (Å²) in [5.74, 6) is 109. The average Bonchev–Trinajstić information content (AvgIpc) is 3.08. The van der Waals surface area contributed by atoms with Gasteiger partial charge in [-0.05, 0) is 54.3 Å². The Balaban J connectivity index is 4.55.